The van der Waals surface area contributed by atoms with Crippen LogP contribution in [-0.4, -0.2) is 36.8 Å². The van der Waals surface area contributed by atoms with Crippen LogP contribution >= 0.6 is 0 Å². The largest absolute Gasteiger partial charge is 0.496 e. The molecule has 2 aliphatic rings. The number of benzene rings is 1. The molecule has 1 heterocycles. The van der Waals surface area contributed by atoms with Crippen molar-refractivity contribution in [1.82, 2.24) is 4.90 Å². The van der Waals surface area contributed by atoms with Crippen LogP contribution in [0.4, 0.5) is 4.79 Å². The summed E-state index contributed by atoms with van der Waals surface area (Å²) >= 11 is 0. The van der Waals surface area contributed by atoms with Gasteiger partial charge in [-0.05, 0) is 37.0 Å². The second-order valence-electron chi connectivity index (χ2n) is 4.75. The molecule has 3 rings (SSSR count). The van der Waals surface area contributed by atoms with E-state index in [0.29, 0.717) is 18.7 Å². The molecule has 0 unspecified atom stereocenters. The van der Waals surface area contributed by atoms with E-state index in [-0.39, 0.29) is 6.09 Å². The monoisotopic (exact) mass is 247 g/mol. The fourth-order valence-electron chi connectivity index (χ4n) is 2.93. The zero-order chi connectivity index (χ0) is 12.7. The van der Waals surface area contributed by atoms with Gasteiger partial charge in [0.05, 0.1) is 25.8 Å². The number of hydrogen-bond donors (Lipinski definition) is 0. The van der Waals surface area contributed by atoms with Crippen LogP contribution in [0.5, 0.6) is 5.75 Å². The predicted molar refractivity (Wildman–Crippen MR) is 66.8 cm³/mol. The molecule has 0 bridgehead atoms. The van der Waals surface area contributed by atoms with Crippen molar-refractivity contribution in [3.63, 3.8) is 0 Å². The summed E-state index contributed by atoms with van der Waals surface area (Å²) in [4.78, 5) is 13.6. The van der Waals surface area contributed by atoms with Crippen molar-refractivity contribution in [1.29, 1.82) is 0 Å². The Hall–Kier alpha value is -1.71. The molecule has 96 valence electrons. The van der Waals surface area contributed by atoms with Crippen LogP contribution in [0.2, 0.25) is 0 Å². The van der Waals surface area contributed by atoms with Crippen molar-refractivity contribution < 1.29 is 14.3 Å². The highest BCUT2D eigenvalue weighted by atomic mass is 16.6. The third-order valence-electron chi connectivity index (χ3n) is 3.84. The fourth-order valence-corrected chi connectivity index (χ4v) is 2.93. The average Bonchev–Trinajstić information content (AvgIpc) is 3.08. The first kappa shape index (κ1) is 11.4. The number of amides is 1. The number of hydrogen-bond acceptors (Lipinski definition) is 3. The first-order valence-corrected chi connectivity index (χ1v) is 6.36. The van der Waals surface area contributed by atoms with Gasteiger partial charge in [0.1, 0.15) is 5.75 Å². The van der Waals surface area contributed by atoms with Crippen molar-refractivity contribution in [2.45, 2.75) is 31.8 Å². The number of fused-ring (bicyclic) bond motifs is 2. The molecular formula is C14H17NO3. The lowest BCUT2D eigenvalue weighted by molar-refractivity contribution is 0.132. The first-order valence-electron chi connectivity index (χ1n) is 6.36. The van der Waals surface area contributed by atoms with Crippen LogP contribution in [0, 0.1) is 0 Å². The van der Waals surface area contributed by atoms with E-state index in [1.165, 1.54) is 11.1 Å². The van der Waals surface area contributed by atoms with Gasteiger partial charge in [-0.15, -0.1) is 0 Å². The van der Waals surface area contributed by atoms with Crippen molar-refractivity contribution in [3.8, 4) is 5.75 Å². The quantitative estimate of drug-likeness (QED) is 0.750. The van der Waals surface area contributed by atoms with E-state index in [2.05, 4.69) is 6.07 Å². The van der Waals surface area contributed by atoms with Crippen molar-refractivity contribution in [2.24, 2.45) is 0 Å². The molecule has 0 spiro atoms. The smallest absolute Gasteiger partial charge is 0.410 e. The number of nitrogens with zero attached hydrogens (tertiary/aromatic N) is 1. The summed E-state index contributed by atoms with van der Waals surface area (Å²) < 4.78 is 10.5. The molecule has 2 atom stereocenters. The van der Waals surface area contributed by atoms with Crippen LogP contribution in [-0.2, 0) is 17.6 Å². The SMILES string of the molecule is CCOC(=O)N1[C@@H]2Cc3cccc(OC)c3C[C@@H]21. The van der Waals surface area contributed by atoms with Gasteiger partial charge in [-0.25, -0.2) is 4.79 Å². The molecule has 0 saturated carbocycles. The van der Waals surface area contributed by atoms with E-state index in [1.54, 1.807) is 7.11 Å². The normalized spacial score (nSPS) is 24.0. The molecule has 0 N–H and O–H groups in total. The van der Waals surface area contributed by atoms with E-state index in [4.69, 9.17) is 9.47 Å². The maximum atomic E-state index is 11.7. The van der Waals surface area contributed by atoms with Gasteiger partial charge in [0.15, 0.2) is 0 Å². The lowest BCUT2D eigenvalue weighted by Gasteiger charge is -2.15. The minimum Gasteiger partial charge on any atom is -0.496 e. The molecule has 1 fully saturated rings. The van der Waals surface area contributed by atoms with Gasteiger partial charge in [0, 0.05) is 0 Å². The molecule has 1 aliphatic heterocycles. The molecule has 1 aromatic carbocycles. The zero-order valence-electron chi connectivity index (χ0n) is 10.7. The van der Waals surface area contributed by atoms with Crippen LogP contribution in [0.15, 0.2) is 18.2 Å². The topological polar surface area (TPSA) is 38.5 Å². The number of methoxy groups -OCH3 is 1. The minimum atomic E-state index is -0.181. The van der Waals surface area contributed by atoms with Crippen LogP contribution in [0.25, 0.3) is 0 Å². The van der Waals surface area contributed by atoms with Crippen LogP contribution < -0.4 is 4.74 Å². The van der Waals surface area contributed by atoms with Gasteiger partial charge in [-0.1, -0.05) is 12.1 Å². The second kappa shape index (κ2) is 4.19. The summed E-state index contributed by atoms with van der Waals surface area (Å²) in [6.45, 7) is 2.27. The lowest BCUT2D eigenvalue weighted by Crippen LogP contribution is -2.16. The van der Waals surface area contributed by atoms with Gasteiger partial charge in [-0.3, -0.25) is 4.90 Å². The summed E-state index contributed by atoms with van der Waals surface area (Å²) in [5.74, 6) is 0.932. The zero-order valence-corrected chi connectivity index (χ0v) is 10.7. The summed E-state index contributed by atoms with van der Waals surface area (Å²) in [7, 11) is 1.69. The highest BCUT2D eigenvalue weighted by Gasteiger charge is 2.54. The molecule has 18 heavy (non-hydrogen) atoms. The maximum Gasteiger partial charge on any atom is 0.410 e. The Bertz CT molecular complexity index is 486. The standard InChI is InChI=1S/C14H17NO3/c1-3-18-14(16)15-11-7-9-5-4-6-13(17-2)10(9)8-12(11)15/h4-6,11-12H,3,7-8H2,1-2H3/t11-,12+,15?/m1/s1. The van der Waals surface area contributed by atoms with E-state index >= 15 is 0 Å². The van der Waals surface area contributed by atoms with Gasteiger partial charge in [-0.2, -0.15) is 0 Å². The molecule has 1 aliphatic carbocycles. The lowest BCUT2D eigenvalue weighted by atomic mass is 9.91. The van der Waals surface area contributed by atoms with Crippen LogP contribution in [0.1, 0.15) is 18.1 Å². The molecule has 1 saturated heterocycles. The van der Waals surface area contributed by atoms with Crippen molar-refractivity contribution in [2.75, 3.05) is 13.7 Å². The first-order chi connectivity index (χ1) is 8.76. The highest BCUT2D eigenvalue weighted by Crippen LogP contribution is 2.42. The Labute approximate surface area is 106 Å². The summed E-state index contributed by atoms with van der Waals surface area (Å²) in [6, 6.07) is 6.73. The molecular weight excluding hydrogens is 230 g/mol. The summed E-state index contributed by atoms with van der Waals surface area (Å²) in [5, 5.41) is 0. The number of carbonyl (C=O) groups excluding carboxylic acids is 1. The van der Waals surface area contributed by atoms with E-state index in [9.17, 15) is 4.79 Å². The Kier molecular flexibility index (Phi) is 2.65. The van der Waals surface area contributed by atoms with Crippen molar-refractivity contribution >= 4 is 6.09 Å². The third kappa shape index (κ3) is 1.64. The highest BCUT2D eigenvalue weighted by molar-refractivity contribution is 5.73. The van der Waals surface area contributed by atoms with E-state index in [1.807, 2.05) is 24.0 Å². The Balaban J connectivity index is 1.80. The summed E-state index contributed by atoms with van der Waals surface area (Å²) in [6.07, 6.45) is 1.61. The van der Waals surface area contributed by atoms with E-state index in [0.717, 1.165) is 18.6 Å². The average molecular weight is 247 g/mol. The number of carbonyl (C=O) groups is 1. The van der Waals surface area contributed by atoms with E-state index < -0.39 is 0 Å². The number of rotatable bonds is 2. The van der Waals surface area contributed by atoms with Gasteiger partial charge >= 0.3 is 6.09 Å². The molecule has 4 nitrogen and oxygen atoms in total. The maximum absolute atomic E-state index is 11.7. The minimum absolute atomic E-state index is 0.181. The molecule has 0 aromatic heterocycles. The Morgan fingerprint density at radius 1 is 1.39 bits per heavy atom. The molecule has 4 heteroatoms. The predicted octanol–water partition coefficient (Wildman–Crippen LogP) is 2.00. The number of ether oxygens (including phenoxy) is 2. The summed E-state index contributed by atoms with van der Waals surface area (Å²) in [5.41, 5.74) is 2.54. The Morgan fingerprint density at radius 3 is 2.89 bits per heavy atom. The van der Waals surface area contributed by atoms with Gasteiger partial charge < -0.3 is 9.47 Å². The van der Waals surface area contributed by atoms with Crippen LogP contribution in [0.3, 0.4) is 0 Å². The molecule has 1 aromatic rings. The fraction of sp³-hybridized carbons (Fsp3) is 0.500. The molecule has 1 amide bonds. The molecule has 0 radical (unpaired) electrons. The third-order valence-corrected chi connectivity index (χ3v) is 3.84. The Morgan fingerprint density at radius 2 is 2.17 bits per heavy atom. The van der Waals surface area contributed by atoms with Crippen molar-refractivity contribution in [3.05, 3.63) is 29.3 Å². The second-order valence-corrected chi connectivity index (χ2v) is 4.75. The van der Waals surface area contributed by atoms with Gasteiger partial charge in [0.25, 0.3) is 0 Å². The van der Waals surface area contributed by atoms with Gasteiger partial charge in [0.2, 0.25) is 0 Å².